The summed E-state index contributed by atoms with van der Waals surface area (Å²) in [5, 5.41) is 11.7. The van der Waals surface area contributed by atoms with Crippen LogP contribution in [0.3, 0.4) is 0 Å². The Bertz CT molecular complexity index is 1400. The van der Waals surface area contributed by atoms with E-state index in [0.29, 0.717) is 17.3 Å². The maximum Gasteiger partial charge on any atom is 0.257 e. The van der Waals surface area contributed by atoms with Crippen molar-refractivity contribution in [3.8, 4) is 11.3 Å². The molecular formula is C25H29N7O3. The molecule has 0 aliphatic heterocycles. The summed E-state index contributed by atoms with van der Waals surface area (Å²) < 4.78 is 14.8. The minimum absolute atomic E-state index is 0.0110. The molecule has 35 heavy (non-hydrogen) atoms. The summed E-state index contributed by atoms with van der Waals surface area (Å²) >= 11 is 0. The molecule has 182 valence electrons. The molecule has 0 spiro atoms. The predicted molar refractivity (Wildman–Crippen MR) is 132 cm³/mol. The van der Waals surface area contributed by atoms with Crippen molar-refractivity contribution < 1.29 is 14.3 Å². The average molecular weight is 476 g/mol. The molecule has 0 bridgehead atoms. The van der Waals surface area contributed by atoms with Crippen LogP contribution in [0.5, 0.6) is 0 Å². The van der Waals surface area contributed by atoms with Gasteiger partial charge in [-0.15, -0.1) is 0 Å². The maximum absolute atomic E-state index is 13.1. The van der Waals surface area contributed by atoms with Crippen molar-refractivity contribution in [1.82, 2.24) is 29.5 Å². The lowest BCUT2D eigenvalue weighted by Crippen LogP contribution is -2.51. The van der Waals surface area contributed by atoms with E-state index >= 15 is 0 Å². The fraction of sp³-hybridized carbons (Fsp3) is 0.440. The van der Waals surface area contributed by atoms with Crippen molar-refractivity contribution in [1.29, 1.82) is 0 Å². The minimum atomic E-state index is -0.192. The van der Waals surface area contributed by atoms with Gasteiger partial charge in [0, 0.05) is 56.7 Å². The van der Waals surface area contributed by atoms with Gasteiger partial charge in [-0.1, -0.05) is 0 Å². The molecule has 4 aromatic heterocycles. The third-order valence-electron chi connectivity index (χ3n) is 7.47. The Labute approximate surface area is 202 Å². The smallest absolute Gasteiger partial charge is 0.257 e. The summed E-state index contributed by atoms with van der Waals surface area (Å²) in [6.45, 7) is 0. The molecule has 2 atom stereocenters. The molecule has 0 unspecified atom stereocenters. The molecule has 2 fully saturated rings. The molecule has 10 nitrogen and oxygen atoms in total. The van der Waals surface area contributed by atoms with Crippen LogP contribution in [-0.2, 0) is 9.47 Å². The zero-order valence-electron chi connectivity index (χ0n) is 20.1. The number of carbonyl (C=O) groups excluding carboxylic acids is 1. The van der Waals surface area contributed by atoms with Crippen molar-refractivity contribution in [3.63, 3.8) is 0 Å². The zero-order chi connectivity index (χ0) is 24.1. The SMILES string of the molecule is CNc1cc(-c2cn(C3CC(OC)C3)c3ncccc23)nc2c(C(=O)N[C@@H]3CC[C@H]3OC)cnn12. The molecule has 0 aromatic carbocycles. The molecule has 0 radical (unpaired) electrons. The van der Waals surface area contributed by atoms with E-state index in [4.69, 9.17) is 14.5 Å². The molecule has 2 aliphatic rings. The van der Waals surface area contributed by atoms with Crippen LogP contribution >= 0.6 is 0 Å². The first kappa shape index (κ1) is 22.0. The van der Waals surface area contributed by atoms with Crippen LogP contribution in [0.2, 0.25) is 0 Å². The molecule has 2 saturated carbocycles. The lowest BCUT2D eigenvalue weighted by Gasteiger charge is -2.35. The number of hydrogen-bond donors (Lipinski definition) is 2. The summed E-state index contributed by atoms with van der Waals surface area (Å²) in [5.41, 5.74) is 3.60. The molecule has 10 heteroatoms. The number of amides is 1. The second-order valence-corrected chi connectivity index (χ2v) is 9.31. The summed E-state index contributed by atoms with van der Waals surface area (Å²) in [6.07, 6.45) is 9.64. The number of fused-ring (bicyclic) bond motifs is 2. The Hall–Kier alpha value is -3.50. The fourth-order valence-corrected chi connectivity index (χ4v) is 5.12. The normalized spacial score (nSPS) is 23.7. The summed E-state index contributed by atoms with van der Waals surface area (Å²) in [4.78, 5) is 22.7. The quantitative estimate of drug-likeness (QED) is 0.423. The maximum atomic E-state index is 13.1. The summed E-state index contributed by atoms with van der Waals surface area (Å²) in [6, 6.07) is 6.31. The van der Waals surface area contributed by atoms with Crippen LogP contribution in [-0.4, -0.2) is 69.6 Å². The lowest BCUT2D eigenvalue weighted by atomic mass is 9.89. The molecule has 4 heterocycles. The largest absolute Gasteiger partial charge is 0.381 e. The number of nitrogens with zero attached hydrogens (tertiary/aromatic N) is 5. The molecule has 0 saturated heterocycles. The van der Waals surface area contributed by atoms with Crippen LogP contribution in [0.1, 0.15) is 42.1 Å². The van der Waals surface area contributed by atoms with Crippen LogP contribution in [0, 0.1) is 0 Å². The molecule has 2 aliphatic carbocycles. The van der Waals surface area contributed by atoms with Gasteiger partial charge < -0.3 is 24.7 Å². The lowest BCUT2D eigenvalue weighted by molar-refractivity contribution is 0.00731. The van der Waals surface area contributed by atoms with Gasteiger partial charge in [-0.05, 0) is 37.8 Å². The van der Waals surface area contributed by atoms with Crippen LogP contribution in [0.15, 0.2) is 36.8 Å². The first-order valence-electron chi connectivity index (χ1n) is 12.0. The van der Waals surface area contributed by atoms with Gasteiger partial charge >= 0.3 is 0 Å². The molecule has 6 rings (SSSR count). The number of ether oxygens (including phenoxy) is 2. The Morgan fingerprint density at radius 1 is 1.17 bits per heavy atom. The highest BCUT2D eigenvalue weighted by molar-refractivity contribution is 6.01. The monoisotopic (exact) mass is 475 g/mol. The van der Waals surface area contributed by atoms with Gasteiger partial charge in [-0.2, -0.15) is 9.61 Å². The van der Waals surface area contributed by atoms with Crippen LogP contribution in [0.4, 0.5) is 5.82 Å². The highest BCUT2D eigenvalue weighted by atomic mass is 16.5. The van der Waals surface area contributed by atoms with Gasteiger partial charge in [0.1, 0.15) is 17.0 Å². The van der Waals surface area contributed by atoms with E-state index in [9.17, 15) is 4.79 Å². The number of nitrogens with one attached hydrogen (secondary N) is 2. The number of aromatic nitrogens is 5. The van der Waals surface area contributed by atoms with Gasteiger partial charge in [0.05, 0.1) is 30.1 Å². The van der Waals surface area contributed by atoms with E-state index in [2.05, 4.69) is 37.5 Å². The third-order valence-corrected chi connectivity index (χ3v) is 7.47. The first-order chi connectivity index (χ1) is 17.1. The molecule has 2 N–H and O–H groups in total. The number of hydrogen-bond acceptors (Lipinski definition) is 7. The number of carbonyl (C=O) groups is 1. The average Bonchev–Trinajstić information content (AvgIpc) is 3.43. The van der Waals surface area contributed by atoms with Crippen molar-refractivity contribution >= 4 is 28.4 Å². The third kappa shape index (κ3) is 3.55. The van der Waals surface area contributed by atoms with E-state index in [-0.39, 0.29) is 24.2 Å². The number of pyridine rings is 1. The molecular weight excluding hydrogens is 446 g/mol. The van der Waals surface area contributed by atoms with E-state index in [1.165, 1.54) is 0 Å². The Balaban J connectivity index is 1.42. The van der Waals surface area contributed by atoms with Crippen LogP contribution in [0.25, 0.3) is 27.9 Å². The molecule has 4 aromatic rings. The van der Waals surface area contributed by atoms with Crippen molar-refractivity contribution in [3.05, 3.63) is 42.4 Å². The van der Waals surface area contributed by atoms with Crippen molar-refractivity contribution in [2.75, 3.05) is 26.6 Å². The fourth-order valence-electron chi connectivity index (χ4n) is 5.12. The Morgan fingerprint density at radius 2 is 2.03 bits per heavy atom. The molecule has 1 amide bonds. The Morgan fingerprint density at radius 3 is 2.74 bits per heavy atom. The second-order valence-electron chi connectivity index (χ2n) is 9.31. The number of anilines is 1. The van der Waals surface area contributed by atoms with Crippen LogP contribution < -0.4 is 10.6 Å². The zero-order valence-corrected chi connectivity index (χ0v) is 20.1. The van der Waals surface area contributed by atoms with Gasteiger partial charge in [0.2, 0.25) is 0 Å². The standard InChI is InChI=1S/C25H29N7O3/c1-26-22-11-20(18-13-31(14-9-15(10-14)34-2)23-16(18)5-4-8-27-23)29-24-17(12-28-32(22)24)25(33)30-19-6-7-21(19)35-3/h4-5,8,11-15,19,21,26H,6-7,9-10H2,1-3H3,(H,30,33)/t14?,15?,19-,21-/m1/s1. The summed E-state index contributed by atoms with van der Waals surface area (Å²) in [5.74, 6) is 0.554. The van der Waals surface area contributed by atoms with Crippen molar-refractivity contribution in [2.24, 2.45) is 0 Å². The van der Waals surface area contributed by atoms with E-state index in [1.807, 2.05) is 25.4 Å². The number of rotatable bonds is 7. The van der Waals surface area contributed by atoms with Gasteiger partial charge in [-0.25, -0.2) is 9.97 Å². The number of methoxy groups -OCH3 is 2. The van der Waals surface area contributed by atoms with E-state index in [0.717, 1.165) is 53.8 Å². The van der Waals surface area contributed by atoms with Gasteiger partial charge in [0.15, 0.2) is 5.65 Å². The van der Waals surface area contributed by atoms with E-state index < -0.39 is 0 Å². The second kappa shape index (κ2) is 8.62. The highest BCUT2D eigenvalue weighted by Gasteiger charge is 2.34. The first-order valence-corrected chi connectivity index (χ1v) is 12.0. The van der Waals surface area contributed by atoms with Gasteiger partial charge in [0.25, 0.3) is 5.91 Å². The van der Waals surface area contributed by atoms with Gasteiger partial charge in [-0.3, -0.25) is 4.79 Å². The predicted octanol–water partition coefficient (Wildman–Crippen LogP) is 3.04. The summed E-state index contributed by atoms with van der Waals surface area (Å²) in [7, 11) is 5.27. The van der Waals surface area contributed by atoms with Crippen molar-refractivity contribution in [2.45, 2.75) is 50.0 Å². The van der Waals surface area contributed by atoms with E-state index in [1.54, 1.807) is 24.9 Å². The minimum Gasteiger partial charge on any atom is -0.381 e. The Kier molecular flexibility index (Phi) is 5.42. The highest BCUT2D eigenvalue weighted by Crippen LogP contribution is 2.39. The topological polar surface area (TPSA) is 108 Å².